The molecule has 0 bridgehead atoms. The standard InChI is InChI=1S/C21H27FN4O2.HI/c1-4-23-20(26-13-21(3,27)19-8-5-14(2)28-19)24-10-9-15-12-25-18-7-6-16(22)11-17(15)18;/h5-8,11-12,25,27H,4,9-10,13H2,1-3H3,(H2,23,24,26);1H. The number of aliphatic imine (C=N–C) groups is 1. The van der Waals surface area contributed by atoms with Gasteiger partial charge >= 0.3 is 0 Å². The van der Waals surface area contributed by atoms with E-state index in [9.17, 15) is 9.50 Å². The smallest absolute Gasteiger partial charge is 0.191 e. The summed E-state index contributed by atoms with van der Waals surface area (Å²) in [5, 5.41) is 18.0. The maximum absolute atomic E-state index is 13.5. The number of nitrogens with one attached hydrogen (secondary N) is 3. The number of furan rings is 1. The minimum Gasteiger partial charge on any atom is -0.463 e. The molecular formula is C21H28FIN4O2. The Bertz CT molecular complexity index is 965. The third-order valence-electron chi connectivity index (χ3n) is 4.58. The monoisotopic (exact) mass is 514 g/mol. The molecule has 2 heterocycles. The number of aryl methyl sites for hydroxylation is 1. The molecular weight excluding hydrogens is 486 g/mol. The molecule has 29 heavy (non-hydrogen) atoms. The van der Waals surface area contributed by atoms with Crippen molar-refractivity contribution in [1.82, 2.24) is 15.6 Å². The van der Waals surface area contributed by atoms with Gasteiger partial charge in [-0.1, -0.05) is 0 Å². The number of aromatic amines is 1. The summed E-state index contributed by atoms with van der Waals surface area (Å²) >= 11 is 0. The molecule has 0 aliphatic rings. The number of benzene rings is 1. The topological polar surface area (TPSA) is 85.6 Å². The number of hydrogen-bond donors (Lipinski definition) is 4. The van der Waals surface area contributed by atoms with Crippen LogP contribution in [0, 0.1) is 12.7 Å². The second-order valence-corrected chi connectivity index (χ2v) is 7.06. The van der Waals surface area contributed by atoms with E-state index in [0.29, 0.717) is 31.2 Å². The quantitative estimate of drug-likeness (QED) is 0.219. The predicted molar refractivity (Wildman–Crippen MR) is 124 cm³/mol. The van der Waals surface area contributed by atoms with Gasteiger partial charge in [0, 0.05) is 30.2 Å². The molecule has 0 aliphatic heterocycles. The van der Waals surface area contributed by atoms with Crippen LogP contribution in [-0.2, 0) is 12.0 Å². The van der Waals surface area contributed by atoms with Crippen molar-refractivity contribution >= 4 is 40.8 Å². The Balaban J connectivity index is 0.00000300. The summed E-state index contributed by atoms with van der Waals surface area (Å²) in [5.74, 6) is 1.61. The Hall–Kier alpha value is -2.07. The molecule has 1 unspecified atom stereocenters. The van der Waals surface area contributed by atoms with Crippen LogP contribution >= 0.6 is 24.0 Å². The lowest BCUT2D eigenvalue weighted by molar-refractivity contribution is 0.0428. The molecule has 6 nitrogen and oxygen atoms in total. The van der Waals surface area contributed by atoms with Crippen molar-refractivity contribution in [3.63, 3.8) is 0 Å². The molecule has 1 atom stereocenters. The molecule has 158 valence electrons. The van der Waals surface area contributed by atoms with Crippen LogP contribution in [0.25, 0.3) is 10.9 Å². The molecule has 0 spiro atoms. The van der Waals surface area contributed by atoms with Gasteiger partial charge in [0.05, 0.1) is 6.54 Å². The van der Waals surface area contributed by atoms with Gasteiger partial charge in [-0.2, -0.15) is 0 Å². The highest BCUT2D eigenvalue weighted by atomic mass is 127. The van der Waals surface area contributed by atoms with Crippen LogP contribution in [0.15, 0.2) is 45.9 Å². The average molecular weight is 514 g/mol. The van der Waals surface area contributed by atoms with Gasteiger partial charge in [0.1, 0.15) is 22.9 Å². The summed E-state index contributed by atoms with van der Waals surface area (Å²) in [7, 11) is 0. The molecule has 0 amide bonds. The summed E-state index contributed by atoms with van der Waals surface area (Å²) in [4.78, 5) is 7.64. The van der Waals surface area contributed by atoms with Crippen molar-refractivity contribution in [3.8, 4) is 0 Å². The lowest BCUT2D eigenvalue weighted by Gasteiger charge is -2.19. The zero-order valence-corrected chi connectivity index (χ0v) is 19.2. The van der Waals surface area contributed by atoms with Gasteiger partial charge in [-0.3, -0.25) is 0 Å². The van der Waals surface area contributed by atoms with Crippen molar-refractivity contribution in [2.45, 2.75) is 32.8 Å². The SMILES string of the molecule is CCNC(=NCC(C)(O)c1ccc(C)o1)NCCc1c[nH]c2ccc(F)cc12.I. The molecule has 0 aliphatic carbocycles. The van der Waals surface area contributed by atoms with Crippen LogP contribution in [0.3, 0.4) is 0 Å². The number of fused-ring (bicyclic) bond motifs is 1. The summed E-state index contributed by atoms with van der Waals surface area (Å²) in [6.07, 6.45) is 2.61. The number of nitrogens with zero attached hydrogens (tertiary/aromatic N) is 1. The number of guanidine groups is 1. The molecule has 0 fully saturated rings. The number of aliphatic hydroxyl groups is 1. The Kier molecular flexibility index (Phi) is 8.09. The Morgan fingerprint density at radius 1 is 1.28 bits per heavy atom. The molecule has 0 saturated carbocycles. The zero-order chi connectivity index (χ0) is 20.1. The molecule has 3 aromatic rings. The fourth-order valence-corrected chi connectivity index (χ4v) is 3.05. The number of rotatable bonds is 7. The second kappa shape index (κ2) is 10.1. The van der Waals surface area contributed by atoms with Crippen LogP contribution in [0.1, 0.15) is 30.9 Å². The van der Waals surface area contributed by atoms with E-state index in [0.717, 1.165) is 22.2 Å². The van der Waals surface area contributed by atoms with Crippen molar-refractivity contribution in [1.29, 1.82) is 0 Å². The number of H-pyrrole nitrogens is 1. The van der Waals surface area contributed by atoms with Gasteiger partial charge in [0.2, 0.25) is 0 Å². The van der Waals surface area contributed by atoms with E-state index < -0.39 is 5.60 Å². The first-order valence-corrected chi connectivity index (χ1v) is 9.46. The molecule has 8 heteroatoms. The lowest BCUT2D eigenvalue weighted by atomic mass is 10.0. The fraction of sp³-hybridized carbons (Fsp3) is 0.381. The zero-order valence-electron chi connectivity index (χ0n) is 16.9. The first-order valence-electron chi connectivity index (χ1n) is 9.46. The van der Waals surface area contributed by atoms with Crippen LogP contribution in [-0.4, -0.2) is 35.7 Å². The number of hydrogen-bond acceptors (Lipinski definition) is 3. The number of aromatic nitrogens is 1. The Morgan fingerprint density at radius 2 is 2.07 bits per heavy atom. The van der Waals surface area contributed by atoms with E-state index in [1.165, 1.54) is 6.07 Å². The highest BCUT2D eigenvalue weighted by molar-refractivity contribution is 14.0. The predicted octanol–water partition coefficient (Wildman–Crippen LogP) is 3.83. The lowest BCUT2D eigenvalue weighted by Crippen LogP contribution is -2.39. The Morgan fingerprint density at radius 3 is 2.76 bits per heavy atom. The van der Waals surface area contributed by atoms with Crippen molar-refractivity contribution in [2.75, 3.05) is 19.6 Å². The van der Waals surface area contributed by atoms with Gasteiger partial charge in [-0.25, -0.2) is 9.38 Å². The van der Waals surface area contributed by atoms with E-state index in [1.54, 1.807) is 25.1 Å². The van der Waals surface area contributed by atoms with E-state index in [2.05, 4.69) is 20.6 Å². The summed E-state index contributed by atoms with van der Waals surface area (Å²) in [6, 6.07) is 8.32. The third kappa shape index (κ3) is 5.96. The van der Waals surface area contributed by atoms with Crippen LogP contribution in [0.4, 0.5) is 4.39 Å². The van der Waals surface area contributed by atoms with Gasteiger partial charge in [-0.05, 0) is 63.1 Å². The van der Waals surface area contributed by atoms with Crippen LogP contribution < -0.4 is 10.6 Å². The molecule has 4 N–H and O–H groups in total. The second-order valence-electron chi connectivity index (χ2n) is 7.06. The summed E-state index contributed by atoms with van der Waals surface area (Å²) < 4.78 is 19.0. The van der Waals surface area contributed by atoms with Crippen LogP contribution in [0.5, 0.6) is 0 Å². The minimum atomic E-state index is -1.19. The maximum atomic E-state index is 13.5. The van der Waals surface area contributed by atoms with Gasteiger partial charge in [0.15, 0.2) is 5.96 Å². The highest BCUT2D eigenvalue weighted by Crippen LogP contribution is 2.23. The average Bonchev–Trinajstić information content (AvgIpc) is 3.26. The van der Waals surface area contributed by atoms with E-state index in [4.69, 9.17) is 4.42 Å². The van der Waals surface area contributed by atoms with Crippen molar-refractivity contribution in [3.05, 3.63) is 59.4 Å². The summed E-state index contributed by atoms with van der Waals surface area (Å²) in [6.45, 7) is 6.98. The molecule has 0 saturated heterocycles. The van der Waals surface area contributed by atoms with E-state index in [1.807, 2.05) is 26.1 Å². The largest absolute Gasteiger partial charge is 0.463 e. The molecule has 2 aromatic heterocycles. The first kappa shape index (κ1) is 23.2. The minimum absolute atomic E-state index is 0. The highest BCUT2D eigenvalue weighted by Gasteiger charge is 2.26. The molecule has 3 rings (SSSR count). The van der Waals surface area contributed by atoms with E-state index in [-0.39, 0.29) is 36.3 Å². The van der Waals surface area contributed by atoms with Gasteiger partial charge in [-0.15, -0.1) is 24.0 Å². The fourth-order valence-electron chi connectivity index (χ4n) is 3.05. The first-order chi connectivity index (χ1) is 13.4. The molecule has 1 aromatic carbocycles. The number of halogens is 2. The Labute approximate surface area is 187 Å². The molecule has 0 radical (unpaired) electrons. The maximum Gasteiger partial charge on any atom is 0.191 e. The summed E-state index contributed by atoms with van der Waals surface area (Å²) in [5.41, 5.74) is 0.767. The van der Waals surface area contributed by atoms with Crippen molar-refractivity contribution < 1.29 is 13.9 Å². The van der Waals surface area contributed by atoms with Crippen molar-refractivity contribution in [2.24, 2.45) is 4.99 Å². The van der Waals surface area contributed by atoms with Gasteiger partial charge < -0.3 is 25.1 Å². The normalized spacial score (nSPS) is 13.8. The van der Waals surface area contributed by atoms with E-state index >= 15 is 0 Å². The third-order valence-corrected chi connectivity index (χ3v) is 4.58. The van der Waals surface area contributed by atoms with Gasteiger partial charge in [0.25, 0.3) is 0 Å². The van der Waals surface area contributed by atoms with Crippen LogP contribution in [0.2, 0.25) is 0 Å².